The van der Waals surface area contributed by atoms with Crippen LogP contribution in [-0.2, 0) is 14.4 Å². The van der Waals surface area contributed by atoms with Crippen molar-refractivity contribution in [3.05, 3.63) is 0 Å². The number of carbonyl (C=O) groups is 3. The molecule has 1 aliphatic rings. The Morgan fingerprint density at radius 1 is 1.22 bits per heavy atom. The van der Waals surface area contributed by atoms with Crippen LogP contribution in [0.1, 0.15) is 33.6 Å². The average molecular weight is 349 g/mol. The van der Waals surface area contributed by atoms with E-state index in [4.69, 9.17) is 5.73 Å². The van der Waals surface area contributed by atoms with E-state index in [-0.39, 0.29) is 42.6 Å². The summed E-state index contributed by atoms with van der Waals surface area (Å²) in [7, 11) is 0. The first-order valence-electron chi connectivity index (χ1n) is 7.79. The summed E-state index contributed by atoms with van der Waals surface area (Å²) in [4.78, 5) is 37.6. The van der Waals surface area contributed by atoms with E-state index in [1.165, 1.54) is 0 Å². The van der Waals surface area contributed by atoms with Gasteiger partial charge in [-0.2, -0.15) is 0 Å². The molecule has 0 aliphatic carbocycles. The van der Waals surface area contributed by atoms with Gasteiger partial charge in [0.05, 0.1) is 12.5 Å². The first-order valence-corrected chi connectivity index (χ1v) is 7.79. The van der Waals surface area contributed by atoms with E-state index in [9.17, 15) is 14.4 Å². The fourth-order valence-electron chi connectivity index (χ4n) is 2.29. The standard InChI is InChI=1S/C15H28N4O3.ClH/c1-15(2,3)14(22)18-9-12(20)19-8-4-5-11(10-19)13(21)17-7-6-16;/h11H,4-10,16H2,1-3H3,(H,17,21)(H,18,22);1H. The lowest BCUT2D eigenvalue weighted by atomic mass is 9.95. The van der Waals surface area contributed by atoms with Crippen molar-refractivity contribution in [3.8, 4) is 0 Å². The molecule has 1 fully saturated rings. The van der Waals surface area contributed by atoms with Crippen molar-refractivity contribution in [1.29, 1.82) is 0 Å². The van der Waals surface area contributed by atoms with Crippen molar-refractivity contribution < 1.29 is 14.4 Å². The number of likely N-dealkylation sites (tertiary alicyclic amines) is 1. The van der Waals surface area contributed by atoms with Gasteiger partial charge in [0.2, 0.25) is 17.7 Å². The molecule has 0 radical (unpaired) electrons. The van der Waals surface area contributed by atoms with Crippen molar-refractivity contribution in [1.82, 2.24) is 15.5 Å². The molecular weight excluding hydrogens is 320 g/mol. The van der Waals surface area contributed by atoms with Crippen LogP contribution >= 0.6 is 12.4 Å². The fraction of sp³-hybridized carbons (Fsp3) is 0.800. The van der Waals surface area contributed by atoms with Crippen molar-refractivity contribution >= 4 is 30.1 Å². The van der Waals surface area contributed by atoms with Crippen LogP contribution in [0.3, 0.4) is 0 Å². The van der Waals surface area contributed by atoms with Gasteiger partial charge in [-0.3, -0.25) is 14.4 Å². The van der Waals surface area contributed by atoms with Crippen LogP contribution in [0.2, 0.25) is 0 Å². The monoisotopic (exact) mass is 348 g/mol. The van der Waals surface area contributed by atoms with Gasteiger partial charge in [0.1, 0.15) is 0 Å². The van der Waals surface area contributed by atoms with Gasteiger partial charge in [-0.25, -0.2) is 0 Å². The molecule has 1 aliphatic heterocycles. The summed E-state index contributed by atoms with van der Waals surface area (Å²) in [6.45, 7) is 7.26. The Hall–Kier alpha value is -1.34. The Kier molecular flexibility index (Phi) is 9.16. The Bertz CT molecular complexity index is 423. The summed E-state index contributed by atoms with van der Waals surface area (Å²) >= 11 is 0. The third-order valence-electron chi connectivity index (χ3n) is 3.67. The minimum absolute atomic E-state index is 0. The summed E-state index contributed by atoms with van der Waals surface area (Å²) in [6, 6.07) is 0. The molecule has 1 saturated heterocycles. The predicted octanol–water partition coefficient (Wildman–Crippen LogP) is -0.116. The lowest BCUT2D eigenvalue weighted by molar-refractivity contribution is -0.138. The van der Waals surface area contributed by atoms with E-state index in [1.807, 2.05) is 0 Å². The van der Waals surface area contributed by atoms with Crippen LogP contribution in [0.5, 0.6) is 0 Å². The van der Waals surface area contributed by atoms with E-state index in [0.717, 1.165) is 12.8 Å². The molecule has 8 heteroatoms. The minimum Gasteiger partial charge on any atom is -0.355 e. The van der Waals surface area contributed by atoms with Gasteiger partial charge in [-0.15, -0.1) is 12.4 Å². The van der Waals surface area contributed by atoms with Crippen LogP contribution in [0, 0.1) is 11.3 Å². The molecule has 4 N–H and O–H groups in total. The van der Waals surface area contributed by atoms with Crippen LogP contribution < -0.4 is 16.4 Å². The number of nitrogens with two attached hydrogens (primary N) is 1. The Balaban J connectivity index is 0.00000484. The van der Waals surface area contributed by atoms with Crippen molar-refractivity contribution in [2.75, 3.05) is 32.7 Å². The van der Waals surface area contributed by atoms with E-state index in [1.54, 1.807) is 25.7 Å². The average Bonchev–Trinajstić information content (AvgIpc) is 2.48. The van der Waals surface area contributed by atoms with E-state index < -0.39 is 5.41 Å². The summed E-state index contributed by atoms with van der Waals surface area (Å²) in [5.74, 6) is -0.548. The number of halogens is 1. The van der Waals surface area contributed by atoms with Gasteiger partial charge in [0, 0.05) is 31.6 Å². The zero-order valence-corrected chi connectivity index (χ0v) is 15.0. The minimum atomic E-state index is -0.521. The quantitative estimate of drug-likeness (QED) is 0.644. The molecule has 7 nitrogen and oxygen atoms in total. The Morgan fingerprint density at radius 3 is 2.43 bits per heavy atom. The van der Waals surface area contributed by atoms with Crippen molar-refractivity contribution in [2.45, 2.75) is 33.6 Å². The Labute approximate surface area is 144 Å². The zero-order chi connectivity index (χ0) is 16.8. The number of nitrogens with one attached hydrogen (secondary N) is 2. The second-order valence-corrected chi connectivity index (χ2v) is 6.69. The van der Waals surface area contributed by atoms with Gasteiger partial charge in [-0.1, -0.05) is 20.8 Å². The van der Waals surface area contributed by atoms with Gasteiger partial charge in [0.15, 0.2) is 0 Å². The topological polar surface area (TPSA) is 105 Å². The lowest BCUT2D eigenvalue weighted by Crippen LogP contribution is -2.49. The SMILES string of the molecule is CC(C)(C)C(=O)NCC(=O)N1CCCC(C(=O)NCCN)C1.Cl. The third-order valence-corrected chi connectivity index (χ3v) is 3.67. The second-order valence-electron chi connectivity index (χ2n) is 6.69. The molecule has 1 rings (SSSR count). The molecule has 1 atom stereocenters. The van der Waals surface area contributed by atoms with Crippen molar-refractivity contribution in [2.24, 2.45) is 17.1 Å². The van der Waals surface area contributed by atoms with Crippen LogP contribution in [0.25, 0.3) is 0 Å². The maximum Gasteiger partial charge on any atom is 0.241 e. The van der Waals surface area contributed by atoms with E-state index >= 15 is 0 Å². The molecule has 0 aromatic carbocycles. The summed E-state index contributed by atoms with van der Waals surface area (Å²) < 4.78 is 0. The Morgan fingerprint density at radius 2 is 1.87 bits per heavy atom. The largest absolute Gasteiger partial charge is 0.355 e. The van der Waals surface area contributed by atoms with Crippen LogP contribution in [0.15, 0.2) is 0 Å². The molecule has 3 amide bonds. The molecule has 0 aromatic rings. The first kappa shape index (κ1) is 21.7. The number of amides is 3. The lowest BCUT2D eigenvalue weighted by Gasteiger charge is -2.32. The van der Waals surface area contributed by atoms with Gasteiger partial charge >= 0.3 is 0 Å². The number of nitrogens with zero attached hydrogens (tertiary/aromatic N) is 1. The highest BCUT2D eigenvalue weighted by Gasteiger charge is 2.29. The maximum absolute atomic E-state index is 12.2. The summed E-state index contributed by atoms with van der Waals surface area (Å²) in [5, 5.41) is 5.41. The highest BCUT2D eigenvalue weighted by Crippen LogP contribution is 2.17. The molecule has 134 valence electrons. The number of piperidine rings is 1. The maximum atomic E-state index is 12.2. The fourth-order valence-corrected chi connectivity index (χ4v) is 2.29. The van der Waals surface area contributed by atoms with Crippen LogP contribution in [-0.4, -0.2) is 55.3 Å². The molecule has 23 heavy (non-hydrogen) atoms. The molecule has 0 saturated carbocycles. The second kappa shape index (κ2) is 9.72. The molecule has 1 unspecified atom stereocenters. The molecule has 0 aromatic heterocycles. The van der Waals surface area contributed by atoms with Crippen molar-refractivity contribution in [3.63, 3.8) is 0 Å². The molecular formula is C15H29ClN4O3. The smallest absolute Gasteiger partial charge is 0.241 e. The zero-order valence-electron chi connectivity index (χ0n) is 14.2. The number of carbonyl (C=O) groups excluding carboxylic acids is 3. The number of hydrogen-bond acceptors (Lipinski definition) is 4. The van der Waals surface area contributed by atoms with Gasteiger partial charge < -0.3 is 21.3 Å². The van der Waals surface area contributed by atoms with Crippen LogP contribution in [0.4, 0.5) is 0 Å². The molecule has 0 bridgehead atoms. The normalized spacial score (nSPS) is 17.9. The van der Waals surface area contributed by atoms with E-state index in [0.29, 0.717) is 26.2 Å². The van der Waals surface area contributed by atoms with Gasteiger partial charge in [-0.05, 0) is 12.8 Å². The number of hydrogen-bond donors (Lipinski definition) is 3. The molecule has 1 heterocycles. The summed E-state index contributed by atoms with van der Waals surface area (Å²) in [6.07, 6.45) is 1.56. The summed E-state index contributed by atoms with van der Waals surface area (Å²) in [5.41, 5.74) is 4.84. The van der Waals surface area contributed by atoms with E-state index in [2.05, 4.69) is 10.6 Å². The predicted molar refractivity (Wildman–Crippen MR) is 91.1 cm³/mol. The third kappa shape index (κ3) is 7.18. The first-order chi connectivity index (χ1) is 10.3. The highest BCUT2D eigenvalue weighted by atomic mass is 35.5. The number of rotatable bonds is 5. The molecule has 0 spiro atoms. The highest BCUT2D eigenvalue weighted by molar-refractivity contribution is 5.87. The van der Waals surface area contributed by atoms with Gasteiger partial charge in [0.25, 0.3) is 0 Å².